The first-order valence-corrected chi connectivity index (χ1v) is 7.54. The number of anilines is 1. The predicted molar refractivity (Wildman–Crippen MR) is 89.0 cm³/mol. The van der Waals surface area contributed by atoms with E-state index in [0.29, 0.717) is 19.4 Å². The first-order chi connectivity index (χ1) is 12.8. The van der Waals surface area contributed by atoms with Gasteiger partial charge in [-0.25, -0.2) is 0 Å². The third-order valence-electron chi connectivity index (χ3n) is 4.32. The van der Waals surface area contributed by atoms with Gasteiger partial charge < -0.3 is 9.69 Å². The number of para-hydroxylation sites is 1. The van der Waals surface area contributed by atoms with Crippen molar-refractivity contribution in [2.24, 2.45) is 11.3 Å². The number of nitrogens with zero attached hydrogens (tertiary/aromatic N) is 1. The standard InChI is InChI=1S/C17H17NO2.3CO.Fe/c19-12-9-14-13-18(15-7-3-1-4-8-15)16(20)17(14)10-5-2-6-11-17;3*1-2;/h1-8,10,12,14H,9,11,13H2;;;;/t14-,17-;;;;/m1..../s1. The molecule has 7 heteroatoms. The molecule has 27 heavy (non-hydrogen) atoms. The Morgan fingerprint density at radius 1 is 1.07 bits per heavy atom. The molecule has 2 fully saturated rings. The molecule has 2 atom stereocenters. The van der Waals surface area contributed by atoms with Gasteiger partial charge in [0.1, 0.15) is 6.29 Å². The van der Waals surface area contributed by atoms with Gasteiger partial charge in [0.25, 0.3) is 0 Å². The molecule has 2 aliphatic rings. The van der Waals surface area contributed by atoms with Crippen LogP contribution in [-0.4, -0.2) is 18.7 Å². The molecule has 6 nitrogen and oxygen atoms in total. The van der Waals surface area contributed by atoms with Gasteiger partial charge in [0, 0.05) is 35.7 Å². The summed E-state index contributed by atoms with van der Waals surface area (Å²) in [6, 6.07) is 9.68. The van der Waals surface area contributed by atoms with Gasteiger partial charge >= 0.3 is 33.9 Å². The fraction of sp³-hybridized carbons (Fsp3) is 0.250. The largest absolute Gasteiger partial charge is 0 e. The van der Waals surface area contributed by atoms with Crippen LogP contribution in [0.5, 0.6) is 0 Å². The molecule has 1 heterocycles. The van der Waals surface area contributed by atoms with Crippen molar-refractivity contribution < 1.29 is 40.6 Å². The third-order valence-corrected chi connectivity index (χ3v) is 4.32. The fourth-order valence-electron chi connectivity index (χ4n) is 3.22. The van der Waals surface area contributed by atoms with Gasteiger partial charge in [-0.2, -0.15) is 0 Å². The van der Waals surface area contributed by atoms with E-state index in [1.807, 2.05) is 60.9 Å². The van der Waals surface area contributed by atoms with E-state index in [1.165, 1.54) is 0 Å². The van der Waals surface area contributed by atoms with Crippen LogP contribution in [0.3, 0.4) is 0 Å². The maximum Gasteiger partial charge on any atom is 0 e. The fourth-order valence-corrected chi connectivity index (χ4v) is 3.22. The predicted octanol–water partition coefficient (Wildman–Crippen LogP) is 2.33. The van der Waals surface area contributed by atoms with E-state index in [2.05, 4.69) is 20.0 Å². The molecule has 1 aliphatic heterocycles. The minimum Gasteiger partial charge on any atom is 0 e. The normalized spacial score (nSPS) is 18.8. The summed E-state index contributed by atoms with van der Waals surface area (Å²) in [5.41, 5.74) is 0.374. The van der Waals surface area contributed by atoms with Gasteiger partial charge in [-0.1, -0.05) is 18.2 Å². The Balaban J connectivity index is 0. The minimum atomic E-state index is -0.536. The number of benzene rings is 1. The first kappa shape index (κ1) is 27.3. The van der Waals surface area contributed by atoms with Gasteiger partial charge in [0.15, 0.2) is 0 Å². The summed E-state index contributed by atoms with van der Waals surface area (Å²) < 4.78 is 22.5. The van der Waals surface area contributed by atoms with E-state index in [4.69, 9.17) is 14.0 Å². The summed E-state index contributed by atoms with van der Waals surface area (Å²) in [6.45, 7) is 14.1. The Kier molecular flexibility index (Phi) is 15.4. The Morgan fingerprint density at radius 3 is 2.15 bits per heavy atom. The van der Waals surface area contributed by atoms with Crippen molar-refractivity contribution in [3.05, 3.63) is 76.0 Å². The molecule has 0 unspecified atom stereocenters. The first-order valence-electron chi connectivity index (χ1n) is 7.54. The van der Waals surface area contributed by atoms with Crippen LogP contribution in [0.25, 0.3) is 0 Å². The summed E-state index contributed by atoms with van der Waals surface area (Å²) >= 11 is 0. The van der Waals surface area contributed by atoms with E-state index in [0.717, 1.165) is 12.0 Å². The number of carbonyl (C=O) groups is 2. The molecule has 1 saturated carbocycles. The quantitative estimate of drug-likeness (QED) is 0.333. The van der Waals surface area contributed by atoms with Crippen molar-refractivity contribution >= 4 is 17.9 Å². The van der Waals surface area contributed by atoms with Gasteiger partial charge in [0.2, 0.25) is 5.91 Å². The van der Waals surface area contributed by atoms with E-state index < -0.39 is 5.41 Å². The average molecular weight is 407 g/mol. The van der Waals surface area contributed by atoms with Crippen LogP contribution in [0.15, 0.2) is 30.3 Å². The maximum atomic E-state index is 12.9. The second-order valence-electron chi connectivity index (χ2n) is 5.38. The number of hydrogen-bond donors (Lipinski definition) is 0. The zero-order chi connectivity index (χ0) is 20.0. The van der Waals surface area contributed by atoms with Crippen LogP contribution in [0.4, 0.5) is 5.69 Å². The maximum absolute atomic E-state index is 12.9. The van der Waals surface area contributed by atoms with Crippen LogP contribution in [-0.2, 0) is 40.6 Å². The molecule has 1 amide bonds. The van der Waals surface area contributed by atoms with Crippen LogP contribution in [0.1, 0.15) is 12.8 Å². The Labute approximate surface area is 170 Å². The Bertz CT molecular complexity index is 606. The summed E-state index contributed by atoms with van der Waals surface area (Å²) in [4.78, 5) is 25.7. The average Bonchev–Trinajstić information content (AvgIpc) is 3.00. The molecule has 4 radical (unpaired) electrons. The number of amides is 1. The monoisotopic (exact) mass is 407 g/mol. The number of aldehydes is 1. The molecular formula is C20H17FeNO5. The van der Waals surface area contributed by atoms with Crippen molar-refractivity contribution in [3.8, 4) is 0 Å². The van der Waals surface area contributed by atoms with Gasteiger partial charge in [0.05, 0.1) is 5.41 Å². The molecule has 1 saturated heterocycles. The van der Waals surface area contributed by atoms with Crippen molar-refractivity contribution in [1.29, 1.82) is 0 Å². The van der Waals surface area contributed by atoms with Crippen LogP contribution in [0.2, 0.25) is 0 Å². The van der Waals surface area contributed by atoms with Gasteiger partial charge in [-0.15, -0.1) is 0 Å². The molecule has 140 valence electrons. The van der Waals surface area contributed by atoms with Crippen LogP contribution >= 0.6 is 0 Å². The SMILES string of the molecule is O=CC[C@@H]1CN(c2ccccc2)C(=O)[C@@]12[CH][CH][CH][CH]C2.[C-]#[O+].[C-]#[O+].[C-]#[O+].[Fe]. The molecule has 1 aliphatic carbocycles. The van der Waals surface area contributed by atoms with Gasteiger partial charge in [-0.05, 0) is 50.2 Å². The summed E-state index contributed by atoms with van der Waals surface area (Å²) in [7, 11) is 0. The molecule has 0 bridgehead atoms. The summed E-state index contributed by atoms with van der Waals surface area (Å²) in [5, 5.41) is 0. The number of hydrogen-bond acceptors (Lipinski definition) is 2. The Morgan fingerprint density at radius 2 is 1.67 bits per heavy atom. The van der Waals surface area contributed by atoms with Crippen molar-refractivity contribution in [3.63, 3.8) is 0 Å². The van der Waals surface area contributed by atoms with Gasteiger partial charge in [-0.3, -0.25) is 4.79 Å². The van der Waals surface area contributed by atoms with E-state index in [-0.39, 0.29) is 28.9 Å². The molecule has 1 aromatic rings. The third kappa shape index (κ3) is 6.34. The summed E-state index contributed by atoms with van der Waals surface area (Å²) in [6.07, 6.45) is 9.92. The van der Waals surface area contributed by atoms with E-state index in [9.17, 15) is 9.59 Å². The van der Waals surface area contributed by atoms with Crippen molar-refractivity contribution in [2.45, 2.75) is 12.8 Å². The van der Waals surface area contributed by atoms with E-state index >= 15 is 0 Å². The van der Waals surface area contributed by atoms with Crippen molar-refractivity contribution in [1.82, 2.24) is 0 Å². The molecule has 0 aromatic heterocycles. The second-order valence-corrected chi connectivity index (χ2v) is 5.38. The van der Waals surface area contributed by atoms with Crippen LogP contribution in [0, 0.1) is 57.0 Å². The summed E-state index contributed by atoms with van der Waals surface area (Å²) in [5.74, 6) is 0.157. The Hall–Kier alpha value is -1.90. The second kappa shape index (κ2) is 15.2. The topological polar surface area (TPSA) is 97.1 Å². The molecule has 3 rings (SSSR count). The molecule has 0 N–H and O–H groups in total. The molecular weight excluding hydrogens is 390 g/mol. The minimum absolute atomic E-state index is 0. The number of rotatable bonds is 3. The van der Waals surface area contributed by atoms with Crippen molar-refractivity contribution in [2.75, 3.05) is 11.4 Å². The van der Waals surface area contributed by atoms with E-state index in [1.54, 1.807) is 0 Å². The molecule has 1 spiro atoms. The zero-order valence-corrected chi connectivity index (χ0v) is 15.4. The number of carbonyl (C=O) groups excluding carboxylic acids is 2. The molecule has 1 aromatic carbocycles. The smallest absolute Gasteiger partial charge is 0 e. The van der Waals surface area contributed by atoms with Crippen LogP contribution < -0.4 is 4.90 Å². The zero-order valence-electron chi connectivity index (χ0n) is 14.3.